The van der Waals surface area contributed by atoms with E-state index in [1.807, 2.05) is 7.11 Å². The van der Waals surface area contributed by atoms with E-state index < -0.39 is 0 Å². The Hall–Kier alpha value is -0.0800. The smallest absolute Gasteiger partial charge is 0.0831 e. The first-order chi connectivity index (χ1) is 9.35. The molecule has 1 rings (SSSR count). The summed E-state index contributed by atoms with van der Waals surface area (Å²) in [7, 11) is 1.92. The van der Waals surface area contributed by atoms with Crippen LogP contribution in [0.5, 0.6) is 0 Å². The van der Waals surface area contributed by atoms with Crippen molar-refractivity contribution in [1.29, 1.82) is 0 Å². The minimum atomic E-state index is 0.0719. The highest BCUT2D eigenvalue weighted by Crippen LogP contribution is 2.44. The van der Waals surface area contributed by atoms with Crippen LogP contribution in [-0.2, 0) is 4.74 Å². The molecule has 0 heterocycles. The summed E-state index contributed by atoms with van der Waals surface area (Å²) in [5.41, 5.74) is 0.569. The lowest BCUT2D eigenvalue weighted by atomic mass is 9.67. The van der Waals surface area contributed by atoms with Gasteiger partial charge in [-0.3, -0.25) is 0 Å². The number of ether oxygens (including phenoxy) is 1. The van der Waals surface area contributed by atoms with E-state index in [9.17, 15) is 0 Å². The third kappa shape index (κ3) is 5.04. The first kappa shape index (κ1) is 18.0. The van der Waals surface area contributed by atoms with Gasteiger partial charge in [0.15, 0.2) is 0 Å². The van der Waals surface area contributed by atoms with Crippen molar-refractivity contribution in [3.8, 4) is 0 Å². The van der Waals surface area contributed by atoms with Crippen molar-refractivity contribution >= 4 is 0 Å². The molecule has 0 aromatic heterocycles. The molecule has 1 aliphatic rings. The molecule has 0 aromatic carbocycles. The molecule has 0 aromatic rings. The Morgan fingerprint density at radius 3 is 2.10 bits per heavy atom. The summed E-state index contributed by atoms with van der Waals surface area (Å²) in [4.78, 5) is 0. The zero-order valence-corrected chi connectivity index (χ0v) is 14.7. The lowest BCUT2D eigenvalue weighted by Crippen LogP contribution is -2.54. The minimum absolute atomic E-state index is 0.0719. The molecule has 1 atom stereocenters. The molecular weight excluding hydrogens is 246 g/mol. The molecule has 1 N–H and O–H groups in total. The Balaban J connectivity index is 2.65. The molecule has 0 saturated heterocycles. The second kappa shape index (κ2) is 7.79. The average molecular weight is 284 g/mol. The molecule has 120 valence electrons. The van der Waals surface area contributed by atoms with Crippen molar-refractivity contribution < 1.29 is 4.74 Å². The summed E-state index contributed by atoms with van der Waals surface area (Å²) >= 11 is 0. The summed E-state index contributed by atoms with van der Waals surface area (Å²) in [6.07, 6.45) is 8.86. The highest BCUT2D eigenvalue weighted by Gasteiger charge is 2.43. The Morgan fingerprint density at radius 2 is 1.65 bits per heavy atom. The molecule has 0 bridgehead atoms. The molecule has 2 heteroatoms. The standard InChI is InChI=1S/C18H37NO/c1-7-19-16(10-8-9-15(2)3)18(20-6)13-11-17(4,5)12-14-18/h15-16,19H,7-14H2,1-6H3. The van der Waals surface area contributed by atoms with Gasteiger partial charge >= 0.3 is 0 Å². The van der Waals surface area contributed by atoms with Gasteiger partial charge in [0.25, 0.3) is 0 Å². The van der Waals surface area contributed by atoms with Crippen LogP contribution in [0.4, 0.5) is 0 Å². The minimum Gasteiger partial charge on any atom is -0.377 e. The maximum absolute atomic E-state index is 6.08. The second-order valence-corrected chi connectivity index (χ2v) is 7.87. The normalized spacial score (nSPS) is 22.9. The topological polar surface area (TPSA) is 21.3 Å². The van der Waals surface area contributed by atoms with Gasteiger partial charge in [0, 0.05) is 13.2 Å². The molecule has 2 nitrogen and oxygen atoms in total. The summed E-state index contributed by atoms with van der Waals surface area (Å²) in [5, 5.41) is 3.72. The van der Waals surface area contributed by atoms with Crippen LogP contribution in [0.15, 0.2) is 0 Å². The Kier molecular flexibility index (Phi) is 7.00. The SMILES string of the molecule is CCNC(CCCC(C)C)C1(OC)CCC(C)(C)CC1. The van der Waals surface area contributed by atoms with Crippen LogP contribution in [0.3, 0.4) is 0 Å². The summed E-state index contributed by atoms with van der Waals surface area (Å²) in [5.74, 6) is 0.807. The van der Waals surface area contributed by atoms with Crippen molar-refractivity contribution in [2.75, 3.05) is 13.7 Å². The van der Waals surface area contributed by atoms with Crippen LogP contribution >= 0.6 is 0 Å². The van der Waals surface area contributed by atoms with Crippen molar-refractivity contribution in [3.63, 3.8) is 0 Å². The summed E-state index contributed by atoms with van der Waals surface area (Å²) in [6, 6.07) is 0.521. The monoisotopic (exact) mass is 283 g/mol. The van der Waals surface area contributed by atoms with Gasteiger partial charge in [-0.1, -0.05) is 47.5 Å². The van der Waals surface area contributed by atoms with Gasteiger partial charge in [-0.2, -0.15) is 0 Å². The Bertz CT molecular complexity index is 263. The fraction of sp³-hybridized carbons (Fsp3) is 1.00. The maximum Gasteiger partial charge on any atom is 0.0831 e. The van der Waals surface area contributed by atoms with E-state index in [2.05, 4.69) is 39.9 Å². The fourth-order valence-corrected chi connectivity index (χ4v) is 3.57. The van der Waals surface area contributed by atoms with Crippen molar-refractivity contribution in [3.05, 3.63) is 0 Å². The molecule has 0 amide bonds. The molecule has 0 radical (unpaired) electrons. The molecule has 1 saturated carbocycles. The largest absolute Gasteiger partial charge is 0.377 e. The van der Waals surface area contributed by atoms with E-state index in [0.717, 1.165) is 12.5 Å². The van der Waals surface area contributed by atoms with E-state index in [0.29, 0.717) is 11.5 Å². The van der Waals surface area contributed by atoms with Crippen molar-refractivity contribution in [2.24, 2.45) is 11.3 Å². The van der Waals surface area contributed by atoms with Crippen LogP contribution in [0.25, 0.3) is 0 Å². The van der Waals surface area contributed by atoms with Crippen LogP contribution in [0.2, 0.25) is 0 Å². The van der Waals surface area contributed by atoms with E-state index >= 15 is 0 Å². The molecule has 1 fully saturated rings. The predicted molar refractivity (Wildman–Crippen MR) is 88.1 cm³/mol. The van der Waals surface area contributed by atoms with Crippen LogP contribution in [-0.4, -0.2) is 25.3 Å². The second-order valence-electron chi connectivity index (χ2n) is 7.87. The number of hydrogen-bond acceptors (Lipinski definition) is 2. The van der Waals surface area contributed by atoms with E-state index in [-0.39, 0.29) is 5.60 Å². The van der Waals surface area contributed by atoms with Gasteiger partial charge in [0.05, 0.1) is 5.60 Å². The van der Waals surface area contributed by atoms with Gasteiger partial charge in [-0.25, -0.2) is 0 Å². The lowest BCUT2D eigenvalue weighted by Gasteiger charge is -2.47. The van der Waals surface area contributed by atoms with Crippen molar-refractivity contribution in [2.45, 2.75) is 91.2 Å². The molecular formula is C18H37NO. The van der Waals surface area contributed by atoms with E-state index in [1.165, 1.54) is 44.9 Å². The van der Waals surface area contributed by atoms with Crippen LogP contribution < -0.4 is 5.32 Å². The predicted octanol–water partition coefficient (Wildman–Crippen LogP) is 4.78. The molecule has 20 heavy (non-hydrogen) atoms. The van der Waals surface area contributed by atoms with Gasteiger partial charge in [-0.15, -0.1) is 0 Å². The number of methoxy groups -OCH3 is 1. The third-order valence-electron chi connectivity index (χ3n) is 5.22. The number of likely N-dealkylation sites (N-methyl/N-ethyl adjacent to an activating group) is 1. The number of rotatable bonds is 8. The molecule has 1 aliphatic carbocycles. The zero-order chi connectivity index (χ0) is 15.2. The third-order valence-corrected chi connectivity index (χ3v) is 5.22. The number of hydrogen-bond donors (Lipinski definition) is 1. The van der Waals surface area contributed by atoms with E-state index in [4.69, 9.17) is 4.74 Å². The highest BCUT2D eigenvalue weighted by molar-refractivity contribution is 4.98. The first-order valence-corrected chi connectivity index (χ1v) is 8.64. The Morgan fingerprint density at radius 1 is 1.05 bits per heavy atom. The first-order valence-electron chi connectivity index (χ1n) is 8.64. The van der Waals surface area contributed by atoms with Crippen LogP contribution in [0, 0.1) is 11.3 Å². The fourth-order valence-electron chi connectivity index (χ4n) is 3.57. The Labute approximate surface area is 127 Å². The number of nitrogens with one attached hydrogen (secondary N) is 1. The van der Waals surface area contributed by atoms with Gasteiger partial charge in [0.2, 0.25) is 0 Å². The van der Waals surface area contributed by atoms with Gasteiger partial charge in [-0.05, 0) is 50.0 Å². The average Bonchev–Trinajstić information content (AvgIpc) is 2.38. The summed E-state index contributed by atoms with van der Waals surface area (Å²) in [6.45, 7) is 12.7. The maximum atomic E-state index is 6.08. The zero-order valence-electron chi connectivity index (χ0n) is 14.7. The molecule has 1 unspecified atom stereocenters. The quantitative estimate of drug-likeness (QED) is 0.692. The lowest BCUT2D eigenvalue weighted by molar-refractivity contribution is -0.0880. The molecule has 0 spiro atoms. The molecule has 0 aliphatic heterocycles. The van der Waals surface area contributed by atoms with Crippen LogP contribution in [0.1, 0.15) is 79.6 Å². The van der Waals surface area contributed by atoms with Gasteiger partial charge in [0.1, 0.15) is 0 Å². The van der Waals surface area contributed by atoms with Gasteiger partial charge < -0.3 is 10.1 Å². The van der Waals surface area contributed by atoms with E-state index in [1.54, 1.807) is 0 Å². The highest BCUT2D eigenvalue weighted by atomic mass is 16.5. The van der Waals surface area contributed by atoms with Crippen molar-refractivity contribution in [1.82, 2.24) is 5.32 Å². The summed E-state index contributed by atoms with van der Waals surface area (Å²) < 4.78 is 6.08.